The second kappa shape index (κ2) is 6.25. The quantitative estimate of drug-likeness (QED) is 0.742. The van der Waals surface area contributed by atoms with Gasteiger partial charge in [0.25, 0.3) is 12.4 Å². The van der Waals surface area contributed by atoms with Crippen molar-refractivity contribution >= 4 is 33.3 Å². The summed E-state index contributed by atoms with van der Waals surface area (Å²) < 4.78 is 34.8. The van der Waals surface area contributed by atoms with Crippen molar-refractivity contribution in [1.82, 2.24) is 8.87 Å². The van der Waals surface area contributed by atoms with Gasteiger partial charge in [-0.05, 0) is 18.2 Å². The minimum Gasteiger partial charge on any atom is -0.426 e. The SMILES string of the molecule is CS(=O)(=O)n1cc(OC=O)c2cc(C(=O)N3CCOCC3)ccc21. The summed E-state index contributed by atoms with van der Waals surface area (Å²) in [4.78, 5) is 24.9. The van der Waals surface area contributed by atoms with Gasteiger partial charge in [-0.25, -0.2) is 12.4 Å². The summed E-state index contributed by atoms with van der Waals surface area (Å²) in [5.74, 6) is -0.0913. The molecule has 1 fully saturated rings. The van der Waals surface area contributed by atoms with E-state index < -0.39 is 10.0 Å². The monoisotopic (exact) mass is 352 g/mol. The number of benzene rings is 1. The van der Waals surface area contributed by atoms with Crippen molar-refractivity contribution in [3.8, 4) is 5.75 Å². The zero-order chi connectivity index (χ0) is 17.3. The highest BCUT2D eigenvalue weighted by Crippen LogP contribution is 2.30. The molecule has 0 unspecified atom stereocenters. The van der Waals surface area contributed by atoms with Crippen LogP contribution in [0.15, 0.2) is 24.4 Å². The molecule has 1 aliphatic rings. The summed E-state index contributed by atoms with van der Waals surface area (Å²) in [6.45, 7) is 2.19. The van der Waals surface area contributed by atoms with Crippen molar-refractivity contribution in [1.29, 1.82) is 0 Å². The molecule has 0 N–H and O–H groups in total. The first-order valence-electron chi connectivity index (χ1n) is 7.25. The van der Waals surface area contributed by atoms with E-state index in [1.165, 1.54) is 18.3 Å². The molecule has 8 nitrogen and oxygen atoms in total. The van der Waals surface area contributed by atoms with E-state index in [0.29, 0.717) is 42.8 Å². The van der Waals surface area contributed by atoms with Crippen molar-refractivity contribution in [2.45, 2.75) is 0 Å². The number of hydrogen-bond donors (Lipinski definition) is 0. The van der Waals surface area contributed by atoms with Crippen LogP contribution in [0.1, 0.15) is 10.4 Å². The molecular formula is C15H16N2O6S. The van der Waals surface area contributed by atoms with E-state index in [1.807, 2.05) is 0 Å². The van der Waals surface area contributed by atoms with Crippen molar-refractivity contribution in [2.75, 3.05) is 32.6 Å². The van der Waals surface area contributed by atoms with Crippen LogP contribution in [0.4, 0.5) is 0 Å². The summed E-state index contributed by atoms with van der Waals surface area (Å²) in [6.07, 6.45) is 2.27. The Morgan fingerprint density at radius 1 is 1.29 bits per heavy atom. The van der Waals surface area contributed by atoms with Crippen molar-refractivity contribution < 1.29 is 27.5 Å². The molecule has 0 spiro atoms. The first kappa shape index (κ1) is 16.5. The molecule has 1 amide bonds. The Hall–Kier alpha value is -2.39. The maximum absolute atomic E-state index is 12.6. The third-order valence-corrected chi connectivity index (χ3v) is 4.83. The topological polar surface area (TPSA) is 94.9 Å². The minimum atomic E-state index is -3.57. The van der Waals surface area contributed by atoms with Gasteiger partial charge < -0.3 is 14.4 Å². The van der Waals surface area contributed by atoms with Gasteiger partial charge in [-0.1, -0.05) is 0 Å². The maximum Gasteiger partial charge on any atom is 0.298 e. The van der Waals surface area contributed by atoms with Crippen LogP contribution in [0.25, 0.3) is 10.9 Å². The van der Waals surface area contributed by atoms with E-state index in [9.17, 15) is 18.0 Å². The highest BCUT2D eigenvalue weighted by atomic mass is 32.2. The van der Waals surface area contributed by atoms with Crippen LogP contribution in [0, 0.1) is 0 Å². The molecule has 0 aliphatic carbocycles. The van der Waals surface area contributed by atoms with E-state index >= 15 is 0 Å². The van der Waals surface area contributed by atoms with Crippen LogP contribution >= 0.6 is 0 Å². The van der Waals surface area contributed by atoms with Gasteiger partial charge in [0, 0.05) is 24.0 Å². The summed E-state index contributed by atoms with van der Waals surface area (Å²) in [5.41, 5.74) is 0.735. The van der Waals surface area contributed by atoms with Crippen LogP contribution in [0.5, 0.6) is 5.75 Å². The van der Waals surface area contributed by atoms with Crippen LogP contribution in [-0.4, -0.2) is 62.2 Å². The molecular weight excluding hydrogens is 336 g/mol. The van der Waals surface area contributed by atoms with Crippen molar-refractivity contribution in [3.63, 3.8) is 0 Å². The molecule has 128 valence electrons. The third-order valence-electron chi connectivity index (χ3n) is 3.81. The summed E-state index contributed by atoms with van der Waals surface area (Å²) in [6, 6.07) is 4.63. The number of fused-ring (bicyclic) bond motifs is 1. The number of rotatable bonds is 4. The third kappa shape index (κ3) is 3.00. The van der Waals surface area contributed by atoms with Gasteiger partial charge in [-0.2, -0.15) is 0 Å². The number of nitrogens with zero attached hydrogens (tertiary/aromatic N) is 2. The van der Waals surface area contributed by atoms with E-state index in [1.54, 1.807) is 11.0 Å². The Kier molecular flexibility index (Phi) is 4.29. The van der Waals surface area contributed by atoms with E-state index in [4.69, 9.17) is 9.47 Å². The number of aromatic nitrogens is 1. The van der Waals surface area contributed by atoms with E-state index in [2.05, 4.69) is 0 Å². The molecule has 2 heterocycles. The van der Waals surface area contributed by atoms with Gasteiger partial charge in [-0.3, -0.25) is 9.59 Å². The predicted molar refractivity (Wildman–Crippen MR) is 85.6 cm³/mol. The molecule has 0 atom stereocenters. The van der Waals surface area contributed by atoms with Crippen LogP contribution in [0.2, 0.25) is 0 Å². The second-order valence-electron chi connectivity index (χ2n) is 5.40. The molecule has 0 radical (unpaired) electrons. The average Bonchev–Trinajstić information content (AvgIpc) is 2.94. The van der Waals surface area contributed by atoms with Crippen LogP contribution in [-0.2, 0) is 19.6 Å². The lowest BCUT2D eigenvalue weighted by molar-refractivity contribution is -0.120. The van der Waals surface area contributed by atoms with E-state index in [0.717, 1.165) is 10.2 Å². The smallest absolute Gasteiger partial charge is 0.298 e. The van der Waals surface area contributed by atoms with Crippen molar-refractivity contribution in [3.05, 3.63) is 30.0 Å². The highest BCUT2D eigenvalue weighted by Gasteiger charge is 2.21. The number of amides is 1. The Bertz CT molecular complexity index is 896. The Balaban J connectivity index is 2.08. The number of ether oxygens (including phenoxy) is 2. The fourth-order valence-corrected chi connectivity index (χ4v) is 3.48. The van der Waals surface area contributed by atoms with Gasteiger partial charge in [0.05, 0.1) is 31.2 Å². The van der Waals surface area contributed by atoms with Gasteiger partial charge >= 0.3 is 0 Å². The summed E-state index contributed by atoms with van der Waals surface area (Å²) in [7, 11) is -3.57. The van der Waals surface area contributed by atoms with Gasteiger partial charge in [-0.15, -0.1) is 0 Å². The first-order chi connectivity index (χ1) is 11.4. The van der Waals surface area contributed by atoms with Gasteiger partial charge in [0.15, 0.2) is 5.75 Å². The molecule has 1 saturated heterocycles. The lowest BCUT2D eigenvalue weighted by Crippen LogP contribution is -2.40. The molecule has 0 saturated carbocycles. The Morgan fingerprint density at radius 3 is 2.62 bits per heavy atom. The maximum atomic E-state index is 12.6. The molecule has 9 heteroatoms. The van der Waals surface area contributed by atoms with E-state index in [-0.39, 0.29) is 18.1 Å². The fraction of sp³-hybridized carbons (Fsp3) is 0.333. The Morgan fingerprint density at radius 2 is 2.00 bits per heavy atom. The lowest BCUT2D eigenvalue weighted by atomic mass is 10.1. The molecule has 1 aromatic heterocycles. The number of carbonyl (C=O) groups is 2. The predicted octanol–water partition coefficient (Wildman–Crippen LogP) is 0.457. The second-order valence-corrected chi connectivity index (χ2v) is 7.26. The molecule has 1 aromatic carbocycles. The molecule has 2 aromatic rings. The van der Waals surface area contributed by atoms with Gasteiger partial charge in [0.2, 0.25) is 10.0 Å². The summed E-state index contributed by atoms with van der Waals surface area (Å²) in [5, 5.41) is 0.381. The zero-order valence-corrected chi connectivity index (χ0v) is 13.8. The summed E-state index contributed by atoms with van der Waals surface area (Å²) >= 11 is 0. The highest BCUT2D eigenvalue weighted by molar-refractivity contribution is 7.89. The number of morpholine rings is 1. The fourth-order valence-electron chi connectivity index (χ4n) is 2.67. The van der Waals surface area contributed by atoms with Gasteiger partial charge in [0.1, 0.15) is 0 Å². The molecule has 1 aliphatic heterocycles. The average molecular weight is 352 g/mol. The molecule has 3 rings (SSSR count). The largest absolute Gasteiger partial charge is 0.426 e. The minimum absolute atomic E-state index is 0.0852. The normalized spacial score (nSPS) is 15.5. The molecule has 0 bridgehead atoms. The standard InChI is InChI=1S/C15H16N2O6S/c1-24(20,21)17-9-14(23-10-18)12-8-11(2-3-13(12)17)15(19)16-4-6-22-7-5-16/h2-3,8-10H,4-7H2,1H3. The van der Waals surface area contributed by atoms with Crippen molar-refractivity contribution in [2.24, 2.45) is 0 Å². The lowest BCUT2D eigenvalue weighted by Gasteiger charge is -2.26. The number of hydrogen-bond acceptors (Lipinski definition) is 6. The molecule has 24 heavy (non-hydrogen) atoms. The van der Waals surface area contributed by atoms with Crippen LogP contribution < -0.4 is 4.74 Å². The zero-order valence-electron chi connectivity index (χ0n) is 13.0. The first-order valence-corrected chi connectivity index (χ1v) is 9.09. The number of carbonyl (C=O) groups excluding carboxylic acids is 2. The van der Waals surface area contributed by atoms with Crippen LogP contribution in [0.3, 0.4) is 0 Å². The Labute approximate surface area is 138 Å².